The maximum Gasteiger partial charge on any atom is 0.271 e. The number of nitrogens with zero attached hydrogens (tertiary/aromatic N) is 1. The molecule has 1 aromatic rings. The van der Waals surface area contributed by atoms with E-state index in [0.717, 1.165) is 6.61 Å². The minimum absolute atomic E-state index is 0.136. The second-order valence-electron chi connectivity index (χ2n) is 2.13. The molecular weight excluding hydrogens is 182 g/mol. The molecule has 0 spiro atoms. The van der Waals surface area contributed by atoms with Crippen LogP contribution >= 0.6 is 11.6 Å². The van der Waals surface area contributed by atoms with Crippen LogP contribution in [0.5, 0.6) is 0 Å². The van der Waals surface area contributed by atoms with Crippen molar-refractivity contribution in [1.29, 1.82) is 0 Å². The van der Waals surface area contributed by atoms with Crippen molar-refractivity contribution in [3.05, 3.63) is 45.5 Å². The van der Waals surface area contributed by atoms with E-state index in [1.807, 2.05) is 0 Å². The molecule has 0 atom stereocenters. The number of non-ortho nitro benzene ring substituents is 1. The van der Waals surface area contributed by atoms with E-state index >= 15 is 0 Å². The smallest absolute Gasteiger partial charge is 0.271 e. The molecule has 0 aliphatic rings. The monoisotopic (exact) mass is 186 g/mol. The highest BCUT2D eigenvalue weighted by atomic mass is 35.5. The number of nitro benzene ring substituents is 1. The Hall–Kier alpha value is -1.13. The van der Waals surface area contributed by atoms with Crippen LogP contribution in [-0.2, 0) is 0 Å². The van der Waals surface area contributed by atoms with Gasteiger partial charge in [0.05, 0.1) is 4.92 Å². The van der Waals surface area contributed by atoms with Gasteiger partial charge >= 0.3 is 0 Å². The fourth-order valence-electron chi connectivity index (χ4n) is 0.776. The minimum Gasteiger partial charge on any atom is -0.385 e. The first-order valence-corrected chi connectivity index (χ1v) is 3.43. The number of hydrogen-bond acceptors (Lipinski definition) is 3. The van der Waals surface area contributed by atoms with Crippen LogP contribution in [0.15, 0.2) is 18.2 Å². The normalized spacial score (nSPS) is 9.83. The largest absolute Gasteiger partial charge is 0.385 e. The van der Waals surface area contributed by atoms with E-state index in [0.29, 0.717) is 5.56 Å². The van der Waals surface area contributed by atoms with E-state index in [4.69, 9.17) is 16.7 Å². The van der Waals surface area contributed by atoms with Gasteiger partial charge in [-0.3, -0.25) is 10.1 Å². The van der Waals surface area contributed by atoms with Gasteiger partial charge in [0.25, 0.3) is 5.69 Å². The van der Waals surface area contributed by atoms with Crippen molar-refractivity contribution in [3.8, 4) is 0 Å². The number of aliphatic hydroxyl groups excluding tert-OH is 1. The summed E-state index contributed by atoms with van der Waals surface area (Å²) in [4.78, 5) is 9.70. The summed E-state index contributed by atoms with van der Waals surface area (Å²) in [5.74, 6) is 0. The van der Waals surface area contributed by atoms with E-state index in [2.05, 4.69) is 0 Å². The van der Waals surface area contributed by atoms with E-state index in [-0.39, 0.29) is 10.7 Å². The predicted octanol–water partition coefficient (Wildman–Crippen LogP) is 2.13. The zero-order chi connectivity index (χ0) is 9.14. The Bertz CT molecular complexity index is 314. The zero-order valence-corrected chi connectivity index (χ0v) is 6.65. The highest BCUT2D eigenvalue weighted by molar-refractivity contribution is 6.30. The highest BCUT2D eigenvalue weighted by Crippen LogP contribution is 2.20. The molecule has 0 aliphatic heterocycles. The van der Waals surface area contributed by atoms with E-state index in [1.54, 1.807) is 0 Å². The quantitative estimate of drug-likeness (QED) is 0.569. The Balaban J connectivity index is 3.15. The van der Waals surface area contributed by atoms with Gasteiger partial charge in [-0.1, -0.05) is 11.6 Å². The molecule has 1 radical (unpaired) electrons. The van der Waals surface area contributed by atoms with Gasteiger partial charge in [-0.05, 0) is 11.6 Å². The average Bonchev–Trinajstić information content (AvgIpc) is 2.03. The van der Waals surface area contributed by atoms with Crippen molar-refractivity contribution in [2.75, 3.05) is 0 Å². The number of rotatable bonds is 2. The molecule has 0 saturated carbocycles. The van der Waals surface area contributed by atoms with Gasteiger partial charge in [-0.15, -0.1) is 0 Å². The predicted molar refractivity (Wildman–Crippen MR) is 43.4 cm³/mol. The lowest BCUT2D eigenvalue weighted by Crippen LogP contribution is -1.89. The van der Waals surface area contributed by atoms with Crippen LogP contribution in [0.3, 0.4) is 0 Å². The Morgan fingerprint density at radius 3 is 2.67 bits per heavy atom. The molecule has 12 heavy (non-hydrogen) atoms. The van der Waals surface area contributed by atoms with Crippen LogP contribution in [0.4, 0.5) is 5.69 Å². The Labute approximate surface area is 73.5 Å². The van der Waals surface area contributed by atoms with E-state index < -0.39 is 4.92 Å². The summed E-state index contributed by atoms with van der Waals surface area (Å²) in [5, 5.41) is 19.1. The van der Waals surface area contributed by atoms with Gasteiger partial charge in [0, 0.05) is 17.2 Å². The lowest BCUT2D eigenvalue weighted by molar-refractivity contribution is -0.384. The summed E-state index contributed by atoms with van der Waals surface area (Å²) in [6.07, 6.45) is 0. The molecule has 0 bridgehead atoms. The Morgan fingerprint density at radius 2 is 2.17 bits per heavy atom. The number of benzene rings is 1. The molecule has 0 saturated heterocycles. The molecule has 0 aromatic heterocycles. The summed E-state index contributed by atoms with van der Waals surface area (Å²) in [7, 11) is 0. The Morgan fingerprint density at radius 1 is 1.50 bits per heavy atom. The van der Waals surface area contributed by atoms with Crippen LogP contribution in [0.2, 0.25) is 5.02 Å². The van der Waals surface area contributed by atoms with Crippen molar-refractivity contribution < 1.29 is 10.0 Å². The molecular formula is C7H5ClNO3. The van der Waals surface area contributed by atoms with Crippen molar-refractivity contribution >= 4 is 17.3 Å². The van der Waals surface area contributed by atoms with Gasteiger partial charge in [0.1, 0.15) is 6.61 Å². The standard InChI is InChI=1S/C7H5ClNO3/c8-6-1-5(4-10)2-7(3-6)9(11)12/h1-4,10H. The molecule has 1 rings (SSSR count). The lowest BCUT2D eigenvalue weighted by Gasteiger charge is -1.96. The van der Waals surface area contributed by atoms with Gasteiger partial charge in [-0.25, -0.2) is 0 Å². The summed E-state index contributed by atoms with van der Waals surface area (Å²) in [6.45, 7) is 0.763. The first kappa shape index (κ1) is 8.96. The average molecular weight is 187 g/mol. The SMILES string of the molecule is O=[N+]([O-])c1cc(Cl)cc([CH]O)c1. The molecule has 0 fully saturated rings. The molecule has 4 nitrogen and oxygen atoms in total. The summed E-state index contributed by atoms with van der Waals surface area (Å²) in [6, 6.07) is 3.87. The molecule has 1 N–H and O–H groups in total. The first-order chi connectivity index (χ1) is 5.63. The molecule has 63 valence electrons. The minimum atomic E-state index is -0.571. The maximum absolute atomic E-state index is 10.3. The van der Waals surface area contributed by atoms with Gasteiger partial charge < -0.3 is 5.11 Å². The van der Waals surface area contributed by atoms with Crippen molar-refractivity contribution in [1.82, 2.24) is 0 Å². The van der Waals surface area contributed by atoms with Crippen LogP contribution in [0.25, 0.3) is 0 Å². The highest BCUT2D eigenvalue weighted by Gasteiger charge is 2.07. The van der Waals surface area contributed by atoms with Gasteiger partial charge in [0.2, 0.25) is 0 Å². The maximum atomic E-state index is 10.3. The lowest BCUT2D eigenvalue weighted by atomic mass is 10.2. The zero-order valence-electron chi connectivity index (χ0n) is 5.90. The second-order valence-corrected chi connectivity index (χ2v) is 2.57. The van der Waals surface area contributed by atoms with Crippen LogP contribution < -0.4 is 0 Å². The number of aliphatic hydroxyl groups is 1. The molecule has 1 aromatic carbocycles. The number of nitro groups is 1. The molecule has 0 unspecified atom stereocenters. The van der Waals surface area contributed by atoms with Gasteiger partial charge in [-0.2, -0.15) is 0 Å². The van der Waals surface area contributed by atoms with Crippen molar-refractivity contribution in [3.63, 3.8) is 0 Å². The first-order valence-electron chi connectivity index (χ1n) is 3.06. The number of hydrogen-bond donors (Lipinski definition) is 1. The van der Waals surface area contributed by atoms with Crippen LogP contribution in [0, 0.1) is 16.7 Å². The van der Waals surface area contributed by atoms with Crippen molar-refractivity contribution in [2.45, 2.75) is 0 Å². The number of halogens is 1. The molecule has 5 heteroatoms. The molecule has 0 aliphatic carbocycles. The summed E-state index contributed by atoms with van der Waals surface area (Å²) in [5.41, 5.74) is 0.178. The fourth-order valence-corrected chi connectivity index (χ4v) is 1.01. The van der Waals surface area contributed by atoms with Crippen molar-refractivity contribution in [2.24, 2.45) is 0 Å². The molecule has 0 amide bonds. The third kappa shape index (κ3) is 1.93. The van der Waals surface area contributed by atoms with Gasteiger partial charge in [0.15, 0.2) is 0 Å². The van der Waals surface area contributed by atoms with E-state index in [1.165, 1.54) is 18.2 Å². The van der Waals surface area contributed by atoms with Crippen LogP contribution in [-0.4, -0.2) is 10.0 Å². The summed E-state index contributed by atoms with van der Waals surface area (Å²) < 4.78 is 0. The summed E-state index contributed by atoms with van der Waals surface area (Å²) >= 11 is 5.54. The fraction of sp³-hybridized carbons (Fsp3) is 0. The van der Waals surface area contributed by atoms with E-state index in [9.17, 15) is 10.1 Å². The third-order valence-corrected chi connectivity index (χ3v) is 1.48. The van der Waals surface area contributed by atoms with Crippen LogP contribution in [0.1, 0.15) is 5.56 Å². The third-order valence-electron chi connectivity index (χ3n) is 1.26. The Kier molecular flexibility index (Phi) is 2.62. The molecule has 0 heterocycles. The topological polar surface area (TPSA) is 63.4 Å². The second kappa shape index (κ2) is 3.51.